The molecule has 1 atom stereocenters. The van der Waals surface area contributed by atoms with E-state index in [-0.39, 0.29) is 23.6 Å². The fourth-order valence-corrected chi connectivity index (χ4v) is 2.37. The molecule has 1 amide bonds. The van der Waals surface area contributed by atoms with Crippen LogP contribution < -0.4 is 0 Å². The number of hydrogen-bond donors (Lipinski definition) is 0. The van der Waals surface area contributed by atoms with Crippen LogP contribution in [0.5, 0.6) is 0 Å². The highest BCUT2D eigenvalue weighted by molar-refractivity contribution is 6.04. The van der Waals surface area contributed by atoms with Gasteiger partial charge in [0.25, 0.3) is 5.91 Å². The predicted octanol–water partition coefficient (Wildman–Crippen LogP) is 1.32. The number of carbonyl (C=O) groups excluding carboxylic acids is 1. The molecule has 0 bridgehead atoms. The van der Waals surface area contributed by atoms with Gasteiger partial charge in [-0.3, -0.25) is 4.79 Å². The van der Waals surface area contributed by atoms with Gasteiger partial charge in [0, 0.05) is 25.1 Å². The fraction of sp³-hybridized carbons (Fsp3) is 0.429. The first-order chi connectivity index (χ1) is 10.1. The summed E-state index contributed by atoms with van der Waals surface area (Å²) in [4.78, 5) is 19.0. The zero-order valence-corrected chi connectivity index (χ0v) is 11.2. The van der Waals surface area contributed by atoms with Crippen LogP contribution in [0.1, 0.15) is 12.0 Å². The van der Waals surface area contributed by atoms with Crippen LogP contribution in [-0.4, -0.2) is 48.9 Å². The highest BCUT2D eigenvalue weighted by Gasteiger charge is 2.33. The third-order valence-electron chi connectivity index (χ3n) is 3.51. The van der Waals surface area contributed by atoms with Gasteiger partial charge in [-0.1, -0.05) is 5.16 Å². The first kappa shape index (κ1) is 13.9. The third kappa shape index (κ3) is 2.87. The lowest BCUT2D eigenvalue weighted by Gasteiger charge is -2.28. The Labute approximate surface area is 120 Å². The molecule has 3 rings (SSSR count). The minimum atomic E-state index is -0.777. The van der Waals surface area contributed by atoms with E-state index in [1.54, 1.807) is 4.90 Å². The van der Waals surface area contributed by atoms with E-state index < -0.39 is 17.7 Å². The van der Waals surface area contributed by atoms with Crippen molar-refractivity contribution in [2.75, 3.05) is 26.3 Å². The van der Waals surface area contributed by atoms with Crippen molar-refractivity contribution in [3.8, 4) is 0 Å². The molecule has 0 unspecified atom stereocenters. The zero-order valence-electron chi connectivity index (χ0n) is 11.2. The number of carbonyl (C=O) groups is 1. The highest BCUT2D eigenvalue weighted by atomic mass is 19.1. The molecule has 0 aromatic heterocycles. The molecule has 0 radical (unpaired) electrons. The van der Waals surface area contributed by atoms with Gasteiger partial charge in [0.15, 0.2) is 0 Å². The summed E-state index contributed by atoms with van der Waals surface area (Å²) >= 11 is 0. The summed E-state index contributed by atoms with van der Waals surface area (Å²) in [5, 5.41) is 3.74. The smallest absolute Gasteiger partial charge is 0.267 e. The normalized spacial score (nSPS) is 21.9. The van der Waals surface area contributed by atoms with Crippen molar-refractivity contribution in [3.63, 3.8) is 0 Å². The molecule has 1 aromatic carbocycles. The van der Waals surface area contributed by atoms with Crippen LogP contribution in [-0.2, 0) is 14.4 Å². The topological polar surface area (TPSA) is 51.1 Å². The Morgan fingerprint density at radius 2 is 2.05 bits per heavy atom. The summed E-state index contributed by atoms with van der Waals surface area (Å²) in [6, 6.07) is 3.12. The van der Waals surface area contributed by atoms with Crippen molar-refractivity contribution in [1.29, 1.82) is 0 Å². The molecule has 0 N–H and O–H groups in total. The number of hydrogen-bond acceptors (Lipinski definition) is 4. The first-order valence-corrected chi connectivity index (χ1v) is 6.70. The Morgan fingerprint density at radius 3 is 2.81 bits per heavy atom. The SMILES string of the molecule is O=C([C@@H]1CC(c2cc(F)ccc2F)=NO1)N1CCOCC1. The number of morpholine rings is 1. The molecule has 1 saturated heterocycles. The standard InChI is InChI=1S/C14H14F2N2O3/c15-9-1-2-11(16)10(7-9)12-8-13(21-17-12)14(19)18-3-5-20-6-4-18/h1-2,7,13H,3-6,8H2/t13-/m0/s1. The lowest BCUT2D eigenvalue weighted by molar-refractivity contribution is -0.146. The van der Waals surface area contributed by atoms with Crippen molar-refractivity contribution in [1.82, 2.24) is 4.90 Å². The van der Waals surface area contributed by atoms with Gasteiger partial charge < -0.3 is 14.5 Å². The van der Waals surface area contributed by atoms with E-state index in [2.05, 4.69) is 5.16 Å². The maximum atomic E-state index is 13.7. The monoisotopic (exact) mass is 296 g/mol. The Kier molecular flexibility index (Phi) is 3.83. The Bertz CT molecular complexity index is 586. The first-order valence-electron chi connectivity index (χ1n) is 6.70. The van der Waals surface area contributed by atoms with Gasteiger partial charge >= 0.3 is 0 Å². The Hall–Kier alpha value is -2.02. The summed E-state index contributed by atoms with van der Waals surface area (Å²) in [5.41, 5.74) is 0.283. The second-order valence-electron chi connectivity index (χ2n) is 4.90. The van der Waals surface area contributed by atoms with Gasteiger partial charge in [-0.05, 0) is 18.2 Å². The van der Waals surface area contributed by atoms with Crippen LogP contribution in [0.25, 0.3) is 0 Å². The molecule has 7 heteroatoms. The second-order valence-corrected chi connectivity index (χ2v) is 4.90. The van der Waals surface area contributed by atoms with Crippen LogP contribution >= 0.6 is 0 Å². The van der Waals surface area contributed by atoms with E-state index >= 15 is 0 Å². The lowest BCUT2D eigenvalue weighted by Crippen LogP contribution is -2.45. The maximum Gasteiger partial charge on any atom is 0.267 e. The quantitative estimate of drug-likeness (QED) is 0.827. The van der Waals surface area contributed by atoms with Crippen LogP contribution in [0.2, 0.25) is 0 Å². The molecule has 21 heavy (non-hydrogen) atoms. The zero-order chi connectivity index (χ0) is 14.8. The van der Waals surface area contributed by atoms with Gasteiger partial charge in [-0.2, -0.15) is 0 Å². The molecule has 0 aliphatic carbocycles. The number of halogens is 2. The van der Waals surface area contributed by atoms with Gasteiger partial charge in [-0.25, -0.2) is 8.78 Å². The van der Waals surface area contributed by atoms with Crippen LogP contribution in [0, 0.1) is 11.6 Å². The average Bonchev–Trinajstić information content (AvgIpc) is 2.99. The summed E-state index contributed by atoms with van der Waals surface area (Å²) in [6.45, 7) is 1.99. The summed E-state index contributed by atoms with van der Waals surface area (Å²) in [7, 11) is 0. The van der Waals surface area contributed by atoms with Crippen molar-refractivity contribution in [2.24, 2.45) is 5.16 Å². The van der Waals surface area contributed by atoms with E-state index in [1.807, 2.05) is 0 Å². The van der Waals surface area contributed by atoms with Crippen LogP contribution in [0.3, 0.4) is 0 Å². The number of rotatable bonds is 2. The molecule has 1 aromatic rings. The summed E-state index contributed by atoms with van der Waals surface area (Å²) in [5.74, 6) is -1.34. The average molecular weight is 296 g/mol. The molecule has 1 fully saturated rings. The molecule has 2 heterocycles. The second kappa shape index (κ2) is 5.77. The summed E-state index contributed by atoms with van der Waals surface area (Å²) in [6.07, 6.45) is -0.642. The van der Waals surface area contributed by atoms with Crippen LogP contribution in [0.4, 0.5) is 8.78 Å². The molecule has 2 aliphatic rings. The number of ether oxygens (including phenoxy) is 1. The highest BCUT2D eigenvalue weighted by Crippen LogP contribution is 2.21. The van der Waals surface area contributed by atoms with Gasteiger partial charge in [0.05, 0.1) is 18.9 Å². The number of benzene rings is 1. The largest absolute Gasteiger partial charge is 0.382 e. The van der Waals surface area contributed by atoms with E-state index in [4.69, 9.17) is 9.57 Å². The Morgan fingerprint density at radius 1 is 1.29 bits per heavy atom. The predicted molar refractivity (Wildman–Crippen MR) is 69.8 cm³/mol. The molecular formula is C14H14F2N2O3. The third-order valence-corrected chi connectivity index (χ3v) is 3.51. The van der Waals surface area contributed by atoms with E-state index in [1.165, 1.54) is 0 Å². The molecule has 5 nitrogen and oxygen atoms in total. The fourth-order valence-electron chi connectivity index (χ4n) is 2.37. The molecule has 0 spiro atoms. The number of oxime groups is 1. The van der Waals surface area contributed by atoms with Crippen LogP contribution in [0.15, 0.2) is 23.4 Å². The minimum absolute atomic E-state index is 0.0345. The molecule has 112 valence electrons. The molecular weight excluding hydrogens is 282 g/mol. The van der Waals surface area contributed by atoms with E-state index in [9.17, 15) is 13.6 Å². The van der Waals surface area contributed by atoms with Crippen molar-refractivity contribution >= 4 is 11.6 Å². The molecule has 0 saturated carbocycles. The Balaban J connectivity index is 1.69. The van der Waals surface area contributed by atoms with E-state index in [0.29, 0.717) is 26.3 Å². The molecule has 2 aliphatic heterocycles. The summed E-state index contributed by atoms with van der Waals surface area (Å²) < 4.78 is 32.1. The number of nitrogens with zero attached hydrogens (tertiary/aromatic N) is 2. The van der Waals surface area contributed by atoms with Gasteiger partial charge in [0.2, 0.25) is 6.10 Å². The van der Waals surface area contributed by atoms with E-state index in [0.717, 1.165) is 18.2 Å². The van der Waals surface area contributed by atoms with Crippen molar-refractivity contribution in [3.05, 3.63) is 35.4 Å². The van der Waals surface area contributed by atoms with Gasteiger partial charge in [-0.15, -0.1) is 0 Å². The van der Waals surface area contributed by atoms with Crippen molar-refractivity contribution in [2.45, 2.75) is 12.5 Å². The van der Waals surface area contributed by atoms with Crippen molar-refractivity contribution < 1.29 is 23.1 Å². The number of amides is 1. The van der Waals surface area contributed by atoms with Gasteiger partial charge in [0.1, 0.15) is 11.6 Å². The maximum absolute atomic E-state index is 13.7. The minimum Gasteiger partial charge on any atom is -0.382 e. The lowest BCUT2D eigenvalue weighted by atomic mass is 10.0.